The van der Waals surface area contributed by atoms with E-state index in [2.05, 4.69) is 6.92 Å². The molecule has 1 heterocycles. The maximum Gasteiger partial charge on any atom is 0.0613 e. The second-order valence-corrected chi connectivity index (χ2v) is 4.51. The van der Waals surface area contributed by atoms with Crippen molar-refractivity contribution >= 4 is 10.8 Å². The van der Waals surface area contributed by atoms with Crippen LogP contribution in [-0.4, -0.2) is 28.4 Å². The summed E-state index contributed by atoms with van der Waals surface area (Å²) in [5, 5.41) is 0.288. The Morgan fingerprint density at radius 3 is 2.60 bits per heavy atom. The van der Waals surface area contributed by atoms with Crippen molar-refractivity contribution < 1.29 is 8.95 Å². The maximum atomic E-state index is 10.9. The fourth-order valence-electron chi connectivity index (χ4n) is 1.12. The molecule has 60 valence electrons. The standard InChI is InChI=1S/C7H14O2S/c1-6-3-4-7(5-9-6)10(2)8/h6-7H,3-5H2,1-2H3/t6-,7+,10?/m0/s1. The van der Waals surface area contributed by atoms with Gasteiger partial charge in [-0.05, 0) is 19.8 Å². The van der Waals surface area contributed by atoms with Gasteiger partial charge in [0.1, 0.15) is 0 Å². The Labute approximate surface area is 64.4 Å². The molecule has 0 aromatic heterocycles. The number of rotatable bonds is 1. The summed E-state index contributed by atoms with van der Waals surface area (Å²) in [6.07, 6.45) is 4.25. The van der Waals surface area contributed by atoms with Gasteiger partial charge in [0.15, 0.2) is 0 Å². The molecular weight excluding hydrogens is 148 g/mol. The molecule has 0 N–H and O–H groups in total. The lowest BCUT2D eigenvalue weighted by Crippen LogP contribution is -2.30. The van der Waals surface area contributed by atoms with Crippen molar-refractivity contribution in [2.45, 2.75) is 31.1 Å². The molecule has 1 aliphatic rings. The molecule has 0 aromatic rings. The smallest absolute Gasteiger partial charge is 0.0613 e. The van der Waals surface area contributed by atoms with Gasteiger partial charge >= 0.3 is 0 Å². The zero-order chi connectivity index (χ0) is 7.56. The first-order valence-corrected chi connectivity index (χ1v) is 5.26. The summed E-state index contributed by atoms with van der Waals surface area (Å²) in [6, 6.07) is 0. The van der Waals surface area contributed by atoms with E-state index in [-0.39, 0.29) is 5.25 Å². The monoisotopic (exact) mass is 162 g/mol. The third-order valence-corrected chi connectivity index (χ3v) is 3.24. The van der Waals surface area contributed by atoms with Gasteiger partial charge in [-0.3, -0.25) is 4.21 Å². The van der Waals surface area contributed by atoms with Crippen molar-refractivity contribution in [2.24, 2.45) is 0 Å². The largest absolute Gasteiger partial charge is 0.377 e. The minimum Gasteiger partial charge on any atom is -0.377 e. The molecule has 0 radical (unpaired) electrons. The van der Waals surface area contributed by atoms with Crippen molar-refractivity contribution in [1.82, 2.24) is 0 Å². The van der Waals surface area contributed by atoms with Gasteiger partial charge in [0.05, 0.1) is 18.0 Å². The SMILES string of the molecule is C[C@H]1CC[C@@H](S(C)=O)CO1. The van der Waals surface area contributed by atoms with Crippen LogP contribution >= 0.6 is 0 Å². The Morgan fingerprint density at radius 2 is 2.20 bits per heavy atom. The zero-order valence-electron chi connectivity index (χ0n) is 6.50. The molecule has 1 unspecified atom stereocenters. The summed E-state index contributed by atoms with van der Waals surface area (Å²) in [5.41, 5.74) is 0. The second-order valence-electron chi connectivity index (χ2n) is 2.84. The third kappa shape index (κ3) is 2.06. The normalized spacial score (nSPS) is 37.4. The van der Waals surface area contributed by atoms with E-state index in [0.29, 0.717) is 12.7 Å². The fraction of sp³-hybridized carbons (Fsp3) is 1.00. The molecule has 3 atom stereocenters. The van der Waals surface area contributed by atoms with Crippen molar-refractivity contribution in [1.29, 1.82) is 0 Å². The van der Waals surface area contributed by atoms with E-state index in [1.54, 1.807) is 6.26 Å². The quantitative estimate of drug-likeness (QED) is 0.573. The summed E-state index contributed by atoms with van der Waals surface area (Å²) in [6.45, 7) is 2.75. The highest BCUT2D eigenvalue weighted by Crippen LogP contribution is 2.15. The average molecular weight is 162 g/mol. The van der Waals surface area contributed by atoms with Crippen LogP contribution < -0.4 is 0 Å². The molecule has 1 fully saturated rings. The van der Waals surface area contributed by atoms with Crippen molar-refractivity contribution in [3.63, 3.8) is 0 Å². The fourth-order valence-corrected chi connectivity index (χ4v) is 1.86. The molecule has 0 aliphatic carbocycles. The summed E-state index contributed by atoms with van der Waals surface area (Å²) in [7, 11) is -0.692. The highest BCUT2D eigenvalue weighted by molar-refractivity contribution is 7.84. The van der Waals surface area contributed by atoms with Crippen LogP contribution in [0.3, 0.4) is 0 Å². The predicted molar refractivity (Wildman–Crippen MR) is 42.5 cm³/mol. The van der Waals surface area contributed by atoms with Crippen LogP contribution in [0.2, 0.25) is 0 Å². The van der Waals surface area contributed by atoms with E-state index in [4.69, 9.17) is 4.74 Å². The lowest BCUT2D eigenvalue weighted by Gasteiger charge is -2.24. The van der Waals surface area contributed by atoms with Gasteiger partial charge in [-0.15, -0.1) is 0 Å². The Morgan fingerprint density at radius 1 is 1.50 bits per heavy atom. The molecule has 1 saturated heterocycles. The number of ether oxygens (including phenoxy) is 1. The van der Waals surface area contributed by atoms with Crippen molar-refractivity contribution in [3.05, 3.63) is 0 Å². The third-order valence-electron chi connectivity index (χ3n) is 1.93. The highest BCUT2D eigenvalue weighted by atomic mass is 32.2. The summed E-state index contributed by atoms with van der Waals surface area (Å²) < 4.78 is 16.3. The lowest BCUT2D eigenvalue weighted by atomic mass is 10.1. The Hall–Kier alpha value is 0.110. The first-order chi connectivity index (χ1) is 4.70. The average Bonchev–Trinajstić information content (AvgIpc) is 1.88. The van der Waals surface area contributed by atoms with E-state index in [1.165, 1.54) is 0 Å². The van der Waals surface area contributed by atoms with Gasteiger partial charge < -0.3 is 4.74 Å². The van der Waals surface area contributed by atoms with E-state index in [9.17, 15) is 4.21 Å². The van der Waals surface area contributed by atoms with Gasteiger partial charge in [-0.1, -0.05) is 0 Å². The molecule has 2 nitrogen and oxygen atoms in total. The first-order valence-electron chi connectivity index (χ1n) is 3.64. The molecule has 1 rings (SSSR count). The van der Waals surface area contributed by atoms with Crippen molar-refractivity contribution in [2.75, 3.05) is 12.9 Å². The predicted octanol–water partition coefficient (Wildman–Crippen LogP) is 0.932. The molecule has 0 spiro atoms. The molecule has 0 aromatic carbocycles. The van der Waals surface area contributed by atoms with E-state index in [1.807, 2.05) is 0 Å². The summed E-state index contributed by atoms with van der Waals surface area (Å²) in [4.78, 5) is 0. The van der Waals surface area contributed by atoms with Gasteiger partial charge in [-0.2, -0.15) is 0 Å². The van der Waals surface area contributed by atoms with Crippen LogP contribution in [-0.2, 0) is 15.5 Å². The first kappa shape index (κ1) is 8.21. The van der Waals surface area contributed by atoms with Crippen LogP contribution in [0, 0.1) is 0 Å². The van der Waals surface area contributed by atoms with Crippen LogP contribution in [0.1, 0.15) is 19.8 Å². The Balaban J connectivity index is 2.33. The number of hydrogen-bond donors (Lipinski definition) is 0. The van der Waals surface area contributed by atoms with E-state index in [0.717, 1.165) is 12.8 Å². The van der Waals surface area contributed by atoms with E-state index < -0.39 is 10.8 Å². The second kappa shape index (κ2) is 3.49. The van der Waals surface area contributed by atoms with Crippen LogP contribution in [0.25, 0.3) is 0 Å². The van der Waals surface area contributed by atoms with Gasteiger partial charge in [-0.25, -0.2) is 0 Å². The summed E-state index contributed by atoms with van der Waals surface area (Å²) >= 11 is 0. The minimum atomic E-state index is -0.692. The van der Waals surface area contributed by atoms with Gasteiger partial charge in [0, 0.05) is 17.1 Å². The van der Waals surface area contributed by atoms with Crippen LogP contribution in [0.4, 0.5) is 0 Å². The van der Waals surface area contributed by atoms with Crippen LogP contribution in [0.15, 0.2) is 0 Å². The lowest BCUT2D eigenvalue weighted by molar-refractivity contribution is 0.0316. The molecule has 0 saturated carbocycles. The number of hydrogen-bond acceptors (Lipinski definition) is 2. The molecule has 0 bridgehead atoms. The van der Waals surface area contributed by atoms with E-state index >= 15 is 0 Å². The molecule has 1 aliphatic heterocycles. The maximum absolute atomic E-state index is 10.9. The van der Waals surface area contributed by atoms with Crippen LogP contribution in [0.5, 0.6) is 0 Å². The Kier molecular flexibility index (Phi) is 2.86. The highest BCUT2D eigenvalue weighted by Gasteiger charge is 2.20. The molecule has 0 amide bonds. The minimum absolute atomic E-state index is 0.288. The molecule has 3 heteroatoms. The molecular formula is C7H14O2S. The van der Waals surface area contributed by atoms with Gasteiger partial charge in [0.2, 0.25) is 0 Å². The van der Waals surface area contributed by atoms with Gasteiger partial charge in [0.25, 0.3) is 0 Å². The van der Waals surface area contributed by atoms with Crippen molar-refractivity contribution in [3.8, 4) is 0 Å². The Bertz CT molecular complexity index is 128. The molecule has 10 heavy (non-hydrogen) atoms. The topological polar surface area (TPSA) is 26.3 Å². The summed E-state index contributed by atoms with van der Waals surface area (Å²) in [5.74, 6) is 0. The zero-order valence-corrected chi connectivity index (χ0v) is 7.32.